The Bertz CT molecular complexity index is 1490. The molecule has 3 aromatic heterocycles. The number of thiophene rings is 1. The molecule has 2 aromatic carbocycles. The van der Waals surface area contributed by atoms with Crippen molar-refractivity contribution in [2.45, 2.75) is 19.1 Å². The molecule has 0 aliphatic carbocycles. The van der Waals surface area contributed by atoms with Gasteiger partial charge in [-0.05, 0) is 29.8 Å². The second kappa shape index (κ2) is 7.87. The highest BCUT2D eigenvalue weighted by molar-refractivity contribution is 7.17. The van der Waals surface area contributed by atoms with Gasteiger partial charge in [0.15, 0.2) is 0 Å². The van der Waals surface area contributed by atoms with Crippen molar-refractivity contribution in [2.75, 3.05) is 0 Å². The van der Waals surface area contributed by atoms with Crippen molar-refractivity contribution >= 4 is 32.3 Å². The number of aromatic nitrogens is 3. The Balaban J connectivity index is 1.46. The minimum atomic E-state index is -4.40. The highest BCUT2D eigenvalue weighted by Gasteiger charge is 2.30. The molecule has 0 N–H and O–H groups in total. The lowest BCUT2D eigenvalue weighted by Crippen LogP contribution is -2.23. The van der Waals surface area contributed by atoms with Gasteiger partial charge in [0.05, 0.1) is 33.9 Å². The molecule has 0 fully saturated rings. The number of hydrogen-bond donors (Lipinski definition) is 0. The fraction of sp³-hybridized carbons (Fsp3) is 0.125. The minimum absolute atomic E-state index is 0.264. The fourth-order valence-corrected chi connectivity index (χ4v) is 4.59. The molecule has 0 atom stereocenters. The largest absolute Gasteiger partial charge is 0.416 e. The normalized spacial score (nSPS) is 12.0. The first kappa shape index (κ1) is 20.4. The highest BCUT2D eigenvalue weighted by Crippen LogP contribution is 2.34. The number of hydrogen-bond acceptors (Lipinski definition) is 4. The van der Waals surface area contributed by atoms with E-state index in [4.69, 9.17) is 0 Å². The summed E-state index contributed by atoms with van der Waals surface area (Å²) in [5.41, 5.74) is 1.94. The van der Waals surface area contributed by atoms with Crippen LogP contribution in [0.4, 0.5) is 13.2 Å². The number of fused-ring (bicyclic) bond motifs is 2. The van der Waals surface area contributed by atoms with Crippen molar-refractivity contribution in [3.8, 4) is 11.1 Å². The maximum atomic E-state index is 13.2. The van der Waals surface area contributed by atoms with Crippen molar-refractivity contribution in [1.29, 1.82) is 0 Å². The monoisotopic (exact) mass is 451 g/mol. The zero-order valence-corrected chi connectivity index (χ0v) is 17.5. The molecule has 4 nitrogen and oxygen atoms in total. The van der Waals surface area contributed by atoms with E-state index in [2.05, 4.69) is 10.1 Å². The third-order valence-electron chi connectivity index (χ3n) is 5.34. The van der Waals surface area contributed by atoms with Crippen LogP contribution < -0.4 is 5.56 Å². The lowest BCUT2D eigenvalue weighted by molar-refractivity contribution is -0.137. The van der Waals surface area contributed by atoms with Gasteiger partial charge >= 0.3 is 6.18 Å². The zero-order chi connectivity index (χ0) is 22.3. The summed E-state index contributed by atoms with van der Waals surface area (Å²) in [5, 5.41) is 7.58. The summed E-state index contributed by atoms with van der Waals surface area (Å²) in [5.74, 6) is 0. The molecule has 3 heterocycles. The molecule has 0 aliphatic heterocycles. The number of alkyl halides is 3. The van der Waals surface area contributed by atoms with E-state index in [0.717, 1.165) is 28.7 Å². The third kappa shape index (κ3) is 3.78. The highest BCUT2D eigenvalue weighted by atomic mass is 32.1. The summed E-state index contributed by atoms with van der Waals surface area (Å²) >= 11 is 1.35. The van der Waals surface area contributed by atoms with E-state index in [9.17, 15) is 18.0 Å². The van der Waals surface area contributed by atoms with Crippen LogP contribution in [0, 0.1) is 0 Å². The number of nitrogens with zero attached hydrogens (tertiary/aromatic N) is 3. The Labute approximate surface area is 184 Å². The van der Waals surface area contributed by atoms with Crippen LogP contribution >= 0.6 is 11.3 Å². The zero-order valence-electron chi connectivity index (χ0n) is 16.6. The van der Waals surface area contributed by atoms with Crippen LogP contribution in [0.15, 0.2) is 77.0 Å². The molecule has 0 amide bonds. The van der Waals surface area contributed by atoms with Crippen molar-refractivity contribution in [3.63, 3.8) is 0 Å². The van der Waals surface area contributed by atoms with E-state index in [-0.39, 0.29) is 5.56 Å². The van der Waals surface area contributed by atoms with Crippen LogP contribution in [0.2, 0.25) is 0 Å². The van der Waals surface area contributed by atoms with Gasteiger partial charge in [-0.1, -0.05) is 36.4 Å². The molecular formula is C24H16F3N3OS. The maximum absolute atomic E-state index is 13.2. The molecule has 0 spiro atoms. The van der Waals surface area contributed by atoms with E-state index in [1.54, 1.807) is 11.6 Å². The van der Waals surface area contributed by atoms with Gasteiger partial charge in [-0.2, -0.15) is 18.3 Å². The summed E-state index contributed by atoms with van der Waals surface area (Å²) in [6.07, 6.45) is -2.24. The minimum Gasteiger partial charge on any atom is -0.267 e. The van der Waals surface area contributed by atoms with Crippen LogP contribution in [-0.4, -0.2) is 14.8 Å². The van der Waals surface area contributed by atoms with E-state index in [1.807, 2.05) is 36.4 Å². The van der Waals surface area contributed by atoms with Crippen molar-refractivity contribution < 1.29 is 13.2 Å². The average Bonchev–Trinajstić information content (AvgIpc) is 3.23. The molecule has 0 saturated heterocycles. The molecule has 8 heteroatoms. The standard InChI is InChI=1S/C24H16F3N3OS/c25-24(26,27)17-8-5-15(6-9-17)19-14-32-21-13-28-30(23(31)22(19)21)12-11-18-10-7-16-3-1-2-4-20(16)29-18/h1-10,13-14H,11-12H2. The fourth-order valence-electron chi connectivity index (χ4n) is 3.67. The Morgan fingerprint density at radius 2 is 1.75 bits per heavy atom. The molecule has 5 rings (SSSR count). The van der Waals surface area contributed by atoms with Gasteiger partial charge < -0.3 is 0 Å². The summed E-state index contributed by atoms with van der Waals surface area (Å²) < 4.78 is 40.7. The van der Waals surface area contributed by atoms with Crippen LogP contribution in [-0.2, 0) is 19.1 Å². The second-order valence-corrected chi connectivity index (χ2v) is 8.29. The summed E-state index contributed by atoms with van der Waals surface area (Å²) in [6, 6.07) is 16.6. The third-order valence-corrected chi connectivity index (χ3v) is 6.26. The smallest absolute Gasteiger partial charge is 0.267 e. The van der Waals surface area contributed by atoms with E-state index in [0.29, 0.717) is 34.2 Å². The quantitative estimate of drug-likeness (QED) is 0.340. The number of aryl methyl sites for hydroxylation is 2. The van der Waals surface area contributed by atoms with E-state index >= 15 is 0 Å². The first-order valence-electron chi connectivity index (χ1n) is 9.90. The number of pyridine rings is 1. The van der Waals surface area contributed by atoms with Gasteiger partial charge in [0.2, 0.25) is 0 Å². The number of benzene rings is 2. The molecule has 0 radical (unpaired) electrons. The first-order valence-corrected chi connectivity index (χ1v) is 10.8. The molecule has 32 heavy (non-hydrogen) atoms. The van der Waals surface area contributed by atoms with Crippen molar-refractivity contribution in [2.24, 2.45) is 0 Å². The molecule has 160 valence electrons. The van der Waals surface area contributed by atoms with E-state index in [1.165, 1.54) is 28.2 Å². The molecular weight excluding hydrogens is 435 g/mol. The molecule has 0 unspecified atom stereocenters. The summed E-state index contributed by atoms with van der Waals surface area (Å²) in [7, 11) is 0. The van der Waals surface area contributed by atoms with Gasteiger partial charge in [0, 0.05) is 28.4 Å². The van der Waals surface area contributed by atoms with Crippen LogP contribution in [0.5, 0.6) is 0 Å². The predicted octanol–water partition coefficient (Wildman–Crippen LogP) is 5.93. The summed E-state index contributed by atoms with van der Waals surface area (Å²) in [4.78, 5) is 17.8. The second-order valence-electron chi connectivity index (χ2n) is 7.38. The lowest BCUT2D eigenvalue weighted by Gasteiger charge is -2.08. The maximum Gasteiger partial charge on any atom is 0.416 e. The predicted molar refractivity (Wildman–Crippen MR) is 120 cm³/mol. The van der Waals surface area contributed by atoms with E-state index < -0.39 is 11.7 Å². The molecule has 0 saturated carbocycles. The SMILES string of the molecule is O=c1c2c(-c3ccc(C(F)(F)F)cc3)csc2cnn1CCc1ccc2ccccc2n1. The number of halogens is 3. The van der Waals surface area contributed by atoms with Gasteiger partial charge in [-0.15, -0.1) is 11.3 Å². The molecule has 0 aliphatic rings. The van der Waals surface area contributed by atoms with Crippen molar-refractivity contribution in [3.05, 3.63) is 93.9 Å². The van der Waals surface area contributed by atoms with Gasteiger partial charge in [0.1, 0.15) is 0 Å². The van der Waals surface area contributed by atoms with Crippen LogP contribution in [0.25, 0.3) is 32.1 Å². The van der Waals surface area contributed by atoms with Gasteiger partial charge in [0.25, 0.3) is 5.56 Å². The van der Waals surface area contributed by atoms with Crippen LogP contribution in [0.1, 0.15) is 11.3 Å². The van der Waals surface area contributed by atoms with Gasteiger partial charge in [-0.3, -0.25) is 9.78 Å². The Morgan fingerprint density at radius 1 is 0.969 bits per heavy atom. The van der Waals surface area contributed by atoms with Gasteiger partial charge in [-0.25, -0.2) is 4.68 Å². The number of rotatable bonds is 4. The Hall–Kier alpha value is -3.52. The Morgan fingerprint density at radius 3 is 2.53 bits per heavy atom. The number of para-hydroxylation sites is 1. The molecule has 5 aromatic rings. The lowest BCUT2D eigenvalue weighted by atomic mass is 10.0. The van der Waals surface area contributed by atoms with Crippen LogP contribution in [0.3, 0.4) is 0 Å². The summed E-state index contributed by atoms with van der Waals surface area (Å²) in [6.45, 7) is 0.350. The topological polar surface area (TPSA) is 47.8 Å². The molecule has 0 bridgehead atoms. The average molecular weight is 451 g/mol. The first-order chi connectivity index (χ1) is 15.4. The van der Waals surface area contributed by atoms with Crippen molar-refractivity contribution in [1.82, 2.24) is 14.8 Å². The Kier molecular flexibility index (Phi) is 5.01.